The Morgan fingerprint density at radius 3 is 1.52 bits per heavy atom. The summed E-state index contributed by atoms with van der Waals surface area (Å²) < 4.78 is 0.846. The molecule has 114 valence electrons. The van der Waals surface area contributed by atoms with Crippen molar-refractivity contribution in [2.75, 3.05) is 0 Å². The van der Waals surface area contributed by atoms with Crippen LogP contribution in [0.15, 0.2) is 46.6 Å². The topological polar surface area (TPSA) is 0 Å². The van der Waals surface area contributed by atoms with Crippen LogP contribution in [0.4, 0.5) is 0 Å². The first-order valence-corrected chi connectivity index (χ1v) is 12.0. The summed E-state index contributed by atoms with van der Waals surface area (Å²) in [5.74, 6) is 0. The van der Waals surface area contributed by atoms with Gasteiger partial charge in [-0.25, -0.2) is 0 Å². The Morgan fingerprint density at radius 1 is 0.810 bits per heavy atom. The molecular weight excluding hydrogens is 419 g/mol. The molecule has 1 heteroatoms. The molecule has 2 unspecified atom stereocenters. The van der Waals surface area contributed by atoms with Gasteiger partial charge in [-0.05, 0) is 0 Å². The third-order valence-corrected chi connectivity index (χ3v) is 12.6. The molecule has 0 spiro atoms. The molecule has 0 aromatic carbocycles. The molecule has 0 aromatic heterocycles. The molecule has 0 saturated heterocycles. The van der Waals surface area contributed by atoms with Crippen molar-refractivity contribution < 1.29 is 22.9 Å². The van der Waals surface area contributed by atoms with Gasteiger partial charge in [-0.2, -0.15) is 0 Å². The van der Waals surface area contributed by atoms with Crippen molar-refractivity contribution in [1.29, 1.82) is 0 Å². The third kappa shape index (κ3) is 3.60. The van der Waals surface area contributed by atoms with Gasteiger partial charge in [0.05, 0.1) is 0 Å². The van der Waals surface area contributed by atoms with Crippen LogP contribution in [-0.2, 0) is 22.9 Å². The second-order valence-corrected chi connectivity index (χ2v) is 15.5. The van der Waals surface area contributed by atoms with Gasteiger partial charge in [0.25, 0.3) is 0 Å². The number of rotatable bonds is 6. The molecule has 0 saturated carbocycles. The van der Waals surface area contributed by atoms with E-state index in [0.29, 0.717) is 6.34 Å². The summed E-state index contributed by atoms with van der Waals surface area (Å²) in [7, 11) is 0. The van der Waals surface area contributed by atoms with Crippen LogP contribution in [0.5, 0.6) is 0 Å². The second-order valence-electron chi connectivity index (χ2n) is 7.12. The average Bonchev–Trinajstić information content (AvgIpc) is 2.78. The maximum absolute atomic E-state index is 2.62. The summed E-state index contributed by atoms with van der Waals surface area (Å²) in [4.78, 5) is 0. The van der Waals surface area contributed by atoms with Gasteiger partial charge in [0.15, 0.2) is 0 Å². The van der Waals surface area contributed by atoms with Gasteiger partial charge in [-0.1, -0.05) is 0 Å². The molecular formula is C20H30Hf. The number of hydrogen-bond acceptors (Lipinski definition) is 0. The van der Waals surface area contributed by atoms with E-state index in [1.54, 1.807) is 22.3 Å². The first-order valence-electron chi connectivity index (χ1n) is 8.43. The van der Waals surface area contributed by atoms with E-state index in [4.69, 9.17) is 0 Å². The molecule has 0 fully saturated rings. The van der Waals surface area contributed by atoms with Crippen LogP contribution in [0.25, 0.3) is 0 Å². The van der Waals surface area contributed by atoms with Crippen molar-refractivity contribution in [3.05, 3.63) is 46.6 Å². The molecule has 0 N–H and O–H groups in total. The molecule has 0 heterocycles. The first kappa shape index (κ1) is 17.2. The molecule has 0 aromatic rings. The second kappa shape index (κ2) is 6.52. The van der Waals surface area contributed by atoms with Crippen molar-refractivity contribution in [2.45, 2.75) is 73.6 Å². The fourth-order valence-corrected chi connectivity index (χ4v) is 11.2. The minimum atomic E-state index is -0.915. The maximum atomic E-state index is 2.62. The standard InChI is InChI=1S/2C10H15.Hf/c2*1-4-5-10-6-8(2)9(3)7-10;/h2*6-7H,4-5H2,1-3H3;. The van der Waals surface area contributed by atoms with E-state index in [1.165, 1.54) is 25.7 Å². The fourth-order valence-electron chi connectivity index (χ4n) is 3.58. The van der Waals surface area contributed by atoms with Crippen molar-refractivity contribution in [3.63, 3.8) is 0 Å². The zero-order valence-electron chi connectivity index (χ0n) is 14.6. The van der Waals surface area contributed by atoms with Crippen LogP contribution in [0.1, 0.15) is 67.2 Å². The monoisotopic (exact) mass is 450 g/mol. The Morgan fingerprint density at radius 2 is 1.19 bits per heavy atom. The first-order chi connectivity index (χ1) is 9.83. The van der Waals surface area contributed by atoms with E-state index in [1.807, 2.05) is 0 Å². The van der Waals surface area contributed by atoms with E-state index in [9.17, 15) is 0 Å². The summed E-state index contributed by atoms with van der Waals surface area (Å²) in [6.07, 6.45) is 15.2. The summed E-state index contributed by atoms with van der Waals surface area (Å²) in [5.41, 5.74) is 6.43. The van der Waals surface area contributed by atoms with Crippen LogP contribution in [0.3, 0.4) is 0 Å². The minimum absolute atomic E-state index is 0.423. The fraction of sp³-hybridized carbons (Fsp3) is 0.600. The molecule has 2 rings (SSSR count). The Labute approximate surface area is 142 Å². The quantitative estimate of drug-likeness (QED) is 0.392. The van der Waals surface area contributed by atoms with E-state index in [2.05, 4.69) is 65.8 Å². The molecule has 0 nitrogen and oxygen atoms in total. The Kier molecular flexibility index (Phi) is 5.34. The van der Waals surface area contributed by atoms with E-state index in [0.717, 1.165) is 0 Å². The normalized spacial score (nSPS) is 31.7. The van der Waals surface area contributed by atoms with Crippen molar-refractivity contribution >= 4 is 0 Å². The van der Waals surface area contributed by atoms with Crippen LogP contribution in [0.2, 0.25) is 6.34 Å². The molecule has 2 aliphatic rings. The summed E-state index contributed by atoms with van der Waals surface area (Å²) in [5, 5.41) is 0. The summed E-state index contributed by atoms with van der Waals surface area (Å²) in [6, 6.07) is 0. The molecule has 0 amide bonds. The van der Waals surface area contributed by atoms with Crippen LogP contribution in [-0.4, -0.2) is 0 Å². The van der Waals surface area contributed by atoms with Crippen LogP contribution in [0, 0.1) is 0 Å². The molecule has 0 aliphatic heterocycles. The number of allylic oxidation sites excluding steroid dienone is 8. The number of hydrogen-bond donors (Lipinski definition) is 0. The van der Waals surface area contributed by atoms with Gasteiger partial charge in [0.2, 0.25) is 0 Å². The van der Waals surface area contributed by atoms with Gasteiger partial charge < -0.3 is 0 Å². The molecule has 2 aliphatic carbocycles. The van der Waals surface area contributed by atoms with Crippen molar-refractivity contribution in [2.24, 2.45) is 0 Å². The molecule has 0 radical (unpaired) electrons. The Balaban J connectivity index is 2.22. The van der Waals surface area contributed by atoms with Gasteiger partial charge in [0.1, 0.15) is 0 Å². The Bertz CT molecular complexity index is 484. The summed E-state index contributed by atoms with van der Waals surface area (Å²) in [6.45, 7) is 14.3. The average molecular weight is 449 g/mol. The van der Waals surface area contributed by atoms with Crippen molar-refractivity contribution in [1.82, 2.24) is 0 Å². The van der Waals surface area contributed by atoms with Gasteiger partial charge in [0, 0.05) is 0 Å². The SMILES string of the molecule is CCCC1=C[C](C)([Hf][C]2(C)C=C(CCC)C=C2C)C(C)=C1. The van der Waals surface area contributed by atoms with Gasteiger partial charge >= 0.3 is 143 Å². The zero-order valence-corrected chi connectivity index (χ0v) is 18.2. The molecule has 0 bridgehead atoms. The molecule has 2 atom stereocenters. The van der Waals surface area contributed by atoms with Gasteiger partial charge in [-0.15, -0.1) is 0 Å². The van der Waals surface area contributed by atoms with Gasteiger partial charge in [-0.3, -0.25) is 0 Å². The van der Waals surface area contributed by atoms with Crippen molar-refractivity contribution in [3.8, 4) is 0 Å². The predicted molar refractivity (Wildman–Crippen MR) is 90.2 cm³/mol. The van der Waals surface area contributed by atoms with E-state index >= 15 is 0 Å². The van der Waals surface area contributed by atoms with Crippen LogP contribution >= 0.6 is 0 Å². The van der Waals surface area contributed by atoms with Crippen LogP contribution < -0.4 is 0 Å². The van der Waals surface area contributed by atoms with E-state index in [-0.39, 0.29) is 0 Å². The summed E-state index contributed by atoms with van der Waals surface area (Å²) >= 11 is -0.915. The van der Waals surface area contributed by atoms with E-state index < -0.39 is 22.9 Å². The third-order valence-electron chi connectivity index (χ3n) is 4.99. The molecule has 21 heavy (non-hydrogen) atoms. The zero-order chi connectivity index (χ0) is 15.7. The Hall–Kier alpha value is -0.170. The predicted octanol–water partition coefficient (Wildman–Crippen LogP) is 6.80.